The summed E-state index contributed by atoms with van der Waals surface area (Å²) in [5, 5.41) is 29.4. The lowest BCUT2D eigenvalue weighted by Gasteiger charge is -2.17. The van der Waals surface area contributed by atoms with E-state index in [-0.39, 0.29) is 6.61 Å². The van der Waals surface area contributed by atoms with Gasteiger partial charge in [0.15, 0.2) is 6.23 Å². The average Bonchev–Trinajstić information content (AvgIpc) is 2.94. The highest BCUT2D eigenvalue weighted by atomic mass is 16.6. The zero-order valence-corrected chi connectivity index (χ0v) is 9.92. The molecule has 4 atom stereocenters. The Hall–Kier alpha value is -1.74. The molecule has 2 aromatic heterocycles. The Balaban J connectivity index is 2.04. The Morgan fingerprint density at radius 3 is 2.79 bits per heavy atom. The zero-order valence-electron chi connectivity index (χ0n) is 9.92. The minimum atomic E-state index is -1.15. The SMILES string of the molecule is Nc1ncnc2c1ccn2[C@H]1O[C@@H](CO)[C@@H](O)[C@H]1O. The van der Waals surface area contributed by atoms with Crippen LogP contribution in [0.1, 0.15) is 6.23 Å². The summed E-state index contributed by atoms with van der Waals surface area (Å²) in [6.45, 7) is -0.370. The third-order valence-electron chi connectivity index (χ3n) is 3.33. The first-order valence-corrected chi connectivity index (χ1v) is 5.83. The minimum Gasteiger partial charge on any atom is -0.394 e. The standard InChI is InChI=1S/C11H14N4O4/c12-9-5-1-2-15(10(5)14-4-13-9)11-8(18)7(17)6(3-16)19-11/h1-2,4,6-8,11,16-18H,3H2,(H2,12,13,14)/t6-,7+,8+,11-/m0/s1. The van der Waals surface area contributed by atoms with Gasteiger partial charge in [-0.3, -0.25) is 0 Å². The summed E-state index contributed by atoms with van der Waals surface area (Å²) >= 11 is 0. The van der Waals surface area contributed by atoms with E-state index in [0.717, 1.165) is 0 Å². The molecular formula is C11H14N4O4. The Bertz CT molecular complexity index is 601. The van der Waals surface area contributed by atoms with Gasteiger partial charge in [0.05, 0.1) is 12.0 Å². The van der Waals surface area contributed by atoms with Crippen molar-refractivity contribution in [3.8, 4) is 0 Å². The predicted octanol–water partition coefficient (Wildman–Crippen LogP) is -1.38. The lowest BCUT2D eigenvalue weighted by molar-refractivity contribution is -0.0508. The monoisotopic (exact) mass is 266 g/mol. The quantitative estimate of drug-likeness (QED) is 0.528. The molecule has 8 heteroatoms. The van der Waals surface area contributed by atoms with Crippen LogP contribution >= 0.6 is 0 Å². The first-order chi connectivity index (χ1) is 9.13. The van der Waals surface area contributed by atoms with Gasteiger partial charge in [-0.2, -0.15) is 0 Å². The largest absolute Gasteiger partial charge is 0.394 e. The van der Waals surface area contributed by atoms with Crippen molar-refractivity contribution in [3.63, 3.8) is 0 Å². The van der Waals surface area contributed by atoms with Crippen molar-refractivity contribution in [1.82, 2.24) is 14.5 Å². The summed E-state index contributed by atoms with van der Waals surface area (Å²) in [4.78, 5) is 7.97. The van der Waals surface area contributed by atoms with E-state index in [4.69, 9.17) is 15.6 Å². The molecule has 0 radical (unpaired) electrons. The topological polar surface area (TPSA) is 127 Å². The molecule has 1 aliphatic rings. The summed E-state index contributed by atoms with van der Waals surface area (Å²) in [5.41, 5.74) is 6.23. The molecule has 1 aliphatic heterocycles. The van der Waals surface area contributed by atoms with Gasteiger partial charge in [0.2, 0.25) is 0 Å². The molecule has 0 spiro atoms. The highest BCUT2D eigenvalue weighted by Crippen LogP contribution is 2.32. The zero-order chi connectivity index (χ0) is 13.6. The number of nitrogen functional groups attached to an aromatic ring is 1. The van der Waals surface area contributed by atoms with E-state index in [1.807, 2.05) is 0 Å². The first-order valence-electron chi connectivity index (χ1n) is 5.83. The van der Waals surface area contributed by atoms with Gasteiger partial charge >= 0.3 is 0 Å². The summed E-state index contributed by atoms with van der Waals surface area (Å²) < 4.78 is 7.01. The fraction of sp³-hybridized carbons (Fsp3) is 0.455. The lowest BCUT2D eigenvalue weighted by atomic mass is 10.1. The van der Waals surface area contributed by atoms with Crippen LogP contribution in [0.4, 0.5) is 5.82 Å². The maximum atomic E-state index is 9.98. The number of anilines is 1. The first kappa shape index (κ1) is 12.3. The fourth-order valence-corrected chi connectivity index (χ4v) is 2.31. The number of ether oxygens (including phenoxy) is 1. The summed E-state index contributed by atoms with van der Waals surface area (Å²) in [6.07, 6.45) is -0.975. The van der Waals surface area contributed by atoms with Gasteiger partial charge in [-0.25, -0.2) is 9.97 Å². The smallest absolute Gasteiger partial charge is 0.164 e. The number of nitrogens with zero attached hydrogens (tertiary/aromatic N) is 3. The molecule has 0 bridgehead atoms. The highest BCUT2D eigenvalue weighted by molar-refractivity contribution is 5.86. The van der Waals surface area contributed by atoms with Crippen LogP contribution in [0.15, 0.2) is 18.6 Å². The van der Waals surface area contributed by atoms with Crippen molar-refractivity contribution in [3.05, 3.63) is 18.6 Å². The van der Waals surface area contributed by atoms with Crippen LogP contribution in [0.2, 0.25) is 0 Å². The molecule has 1 saturated heterocycles. The fourth-order valence-electron chi connectivity index (χ4n) is 2.31. The molecule has 3 heterocycles. The summed E-state index contributed by atoms with van der Waals surface area (Å²) in [5.74, 6) is 0.329. The van der Waals surface area contributed by atoms with Gasteiger partial charge in [0.1, 0.15) is 36.1 Å². The number of aliphatic hydroxyl groups is 3. The molecule has 0 unspecified atom stereocenters. The second kappa shape index (κ2) is 4.42. The number of hydrogen-bond donors (Lipinski definition) is 4. The molecular weight excluding hydrogens is 252 g/mol. The Kier molecular flexibility index (Phi) is 2.86. The maximum Gasteiger partial charge on any atom is 0.164 e. The van der Waals surface area contributed by atoms with E-state index in [1.165, 1.54) is 6.33 Å². The minimum absolute atomic E-state index is 0.329. The maximum absolute atomic E-state index is 9.98. The van der Waals surface area contributed by atoms with Crippen molar-refractivity contribution in [1.29, 1.82) is 0 Å². The van der Waals surface area contributed by atoms with E-state index in [1.54, 1.807) is 16.8 Å². The number of fused-ring (bicyclic) bond motifs is 1. The van der Waals surface area contributed by atoms with Gasteiger partial charge in [-0.15, -0.1) is 0 Å². The number of hydrogen-bond acceptors (Lipinski definition) is 7. The molecule has 102 valence electrons. The molecule has 3 rings (SSSR count). The van der Waals surface area contributed by atoms with Crippen LogP contribution in [-0.2, 0) is 4.74 Å². The summed E-state index contributed by atoms with van der Waals surface area (Å²) in [6, 6.07) is 1.71. The van der Waals surface area contributed by atoms with E-state index in [2.05, 4.69) is 9.97 Å². The third-order valence-corrected chi connectivity index (χ3v) is 3.33. The molecule has 8 nitrogen and oxygen atoms in total. The van der Waals surface area contributed by atoms with Crippen LogP contribution in [0.5, 0.6) is 0 Å². The summed E-state index contributed by atoms with van der Waals surface area (Å²) in [7, 11) is 0. The predicted molar refractivity (Wildman–Crippen MR) is 64.9 cm³/mol. The highest BCUT2D eigenvalue weighted by Gasteiger charge is 2.43. The van der Waals surface area contributed by atoms with Crippen molar-refractivity contribution in [2.45, 2.75) is 24.5 Å². The molecule has 0 aliphatic carbocycles. The van der Waals surface area contributed by atoms with Crippen molar-refractivity contribution < 1.29 is 20.1 Å². The molecule has 1 fully saturated rings. The number of aromatic nitrogens is 3. The van der Waals surface area contributed by atoms with Crippen molar-refractivity contribution >= 4 is 16.9 Å². The normalized spacial score (nSPS) is 31.1. The van der Waals surface area contributed by atoms with Crippen molar-refractivity contribution in [2.24, 2.45) is 0 Å². The van der Waals surface area contributed by atoms with E-state index < -0.39 is 24.5 Å². The number of nitrogens with two attached hydrogens (primary N) is 1. The van der Waals surface area contributed by atoms with E-state index >= 15 is 0 Å². The Morgan fingerprint density at radius 2 is 2.11 bits per heavy atom. The van der Waals surface area contributed by atoms with Crippen LogP contribution < -0.4 is 5.73 Å². The number of aliphatic hydroxyl groups excluding tert-OH is 3. The van der Waals surface area contributed by atoms with Crippen LogP contribution in [0, 0.1) is 0 Å². The molecule has 2 aromatic rings. The second-order valence-corrected chi connectivity index (χ2v) is 4.45. The van der Waals surface area contributed by atoms with Gasteiger partial charge in [0.25, 0.3) is 0 Å². The molecule has 5 N–H and O–H groups in total. The molecule has 0 aromatic carbocycles. The van der Waals surface area contributed by atoms with Gasteiger partial charge in [-0.05, 0) is 6.07 Å². The molecule has 19 heavy (non-hydrogen) atoms. The average molecular weight is 266 g/mol. The van der Waals surface area contributed by atoms with Gasteiger partial charge in [-0.1, -0.05) is 0 Å². The Labute approximate surface area is 108 Å². The van der Waals surface area contributed by atoms with Gasteiger partial charge in [0, 0.05) is 6.20 Å². The second-order valence-electron chi connectivity index (χ2n) is 4.45. The Morgan fingerprint density at radius 1 is 1.32 bits per heavy atom. The van der Waals surface area contributed by atoms with Crippen LogP contribution in [0.25, 0.3) is 11.0 Å². The lowest BCUT2D eigenvalue weighted by Crippen LogP contribution is -2.33. The van der Waals surface area contributed by atoms with Crippen molar-refractivity contribution in [2.75, 3.05) is 12.3 Å². The van der Waals surface area contributed by atoms with Crippen LogP contribution in [-0.4, -0.2) is 54.8 Å². The third kappa shape index (κ3) is 1.77. The van der Waals surface area contributed by atoms with E-state index in [9.17, 15) is 10.2 Å². The van der Waals surface area contributed by atoms with Crippen LogP contribution in [0.3, 0.4) is 0 Å². The van der Waals surface area contributed by atoms with Gasteiger partial charge < -0.3 is 30.4 Å². The van der Waals surface area contributed by atoms with E-state index in [0.29, 0.717) is 16.9 Å². The number of rotatable bonds is 2. The molecule has 0 amide bonds. The molecule has 0 saturated carbocycles.